The van der Waals surface area contributed by atoms with Gasteiger partial charge in [-0.1, -0.05) is 0 Å². The Morgan fingerprint density at radius 2 is 2.23 bits per heavy atom. The second kappa shape index (κ2) is 3.72. The third-order valence-corrected chi connectivity index (χ3v) is 1.34. The van der Waals surface area contributed by atoms with Crippen molar-refractivity contribution in [2.45, 2.75) is 0 Å². The van der Waals surface area contributed by atoms with Crippen LogP contribution in [0.25, 0.3) is 4.85 Å². The van der Waals surface area contributed by atoms with Crippen molar-refractivity contribution in [1.29, 1.82) is 0 Å². The Kier molecular flexibility index (Phi) is 2.65. The van der Waals surface area contributed by atoms with E-state index in [1.807, 2.05) is 0 Å². The van der Waals surface area contributed by atoms with Gasteiger partial charge in [0.25, 0.3) is 5.69 Å². The first kappa shape index (κ1) is 9.26. The quantitative estimate of drug-likeness (QED) is 0.717. The van der Waals surface area contributed by atoms with Crippen LogP contribution < -0.4 is 4.74 Å². The third-order valence-electron chi connectivity index (χ3n) is 1.34. The average Bonchev–Trinajstić information content (AvgIpc) is 2.04. The van der Waals surface area contributed by atoms with E-state index >= 15 is 0 Å². The highest BCUT2D eigenvalue weighted by molar-refractivity contribution is 5.60. The minimum Gasteiger partial charge on any atom is -0.508 e. The second-order valence-corrected chi connectivity index (χ2v) is 2.14. The molecule has 0 spiro atoms. The minimum atomic E-state index is -1.18. The summed E-state index contributed by atoms with van der Waals surface area (Å²) in [7, 11) is 0. The average molecular weight is 185 g/mol. The molecule has 0 atom stereocenters. The van der Waals surface area contributed by atoms with E-state index in [1.54, 1.807) is 0 Å². The fourth-order valence-electron chi connectivity index (χ4n) is 0.838. The molecule has 0 aliphatic carbocycles. The lowest BCUT2D eigenvalue weighted by Crippen LogP contribution is -1.91. The number of rotatable bonds is 2. The van der Waals surface area contributed by atoms with Crippen molar-refractivity contribution in [3.8, 4) is 11.5 Å². The molecule has 0 saturated carbocycles. The maximum Gasteiger partial charge on any atom is 0.263 e. The standard InChI is InChI=1S/C8H5F2NO2/c1-11-8-6(10)2-5(12)3-7(8)13-4-9/h2-3,12H,4H2. The summed E-state index contributed by atoms with van der Waals surface area (Å²) in [5.74, 6) is -1.64. The van der Waals surface area contributed by atoms with E-state index < -0.39 is 24.1 Å². The van der Waals surface area contributed by atoms with Gasteiger partial charge >= 0.3 is 0 Å². The molecule has 1 N–H and O–H groups in total. The Balaban J connectivity index is 3.23. The monoisotopic (exact) mass is 185 g/mol. The lowest BCUT2D eigenvalue weighted by molar-refractivity contribution is 0.192. The summed E-state index contributed by atoms with van der Waals surface area (Å²) in [6.07, 6.45) is 0. The second-order valence-electron chi connectivity index (χ2n) is 2.14. The molecule has 0 aliphatic heterocycles. The number of nitrogens with zero attached hydrogens (tertiary/aromatic N) is 1. The van der Waals surface area contributed by atoms with Crippen molar-refractivity contribution in [2.75, 3.05) is 6.86 Å². The summed E-state index contributed by atoms with van der Waals surface area (Å²) in [4.78, 5) is 2.80. The summed E-state index contributed by atoms with van der Waals surface area (Å²) < 4.78 is 28.9. The first-order valence-electron chi connectivity index (χ1n) is 3.27. The number of benzene rings is 1. The van der Waals surface area contributed by atoms with Crippen LogP contribution in [0.3, 0.4) is 0 Å². The van der Waals surface area contributed by atoms with E-state index in [0.29, 0.717) is 0 Å². The Bertz CT molecular complexity index is 360. The van der Waals surface area contributed by atoms with Crippen LogP contribution in [0.4, 0.5) is 14.5 Å². The lowest BCUT2D eigenvalue weighted by atomic mass is 10.2. The molecule has 0 fully saturated rings. The third kappa shape index (κ3) is 1.85. The molecule has 0 heterocycles. The van der Waals surface area contributed by atoms with Crippen LogP contribution in [0.15, 0.2) is 12.1 Å². The van der Waals surface area contributed by atoms with Crippen molar-refractivity contribution >= 4 is 5.69 Å². The zero-order chi connectivity index (χ0) is 9.84. The van der Waals surface area contributed by atoms with Gasteiger partial charge in [0.05, 0.1) is 6.57 Å². The van der Waals surface area contributed by atoms with Crippen molar-refractivity contribution < 1.29 is 18.6 Å². The molecular formula is C8H5F2NO2. The van der Waals surface area contributed by atoms with E-state index in [4.69, 9.17) is 11.7 Å². The molecule has 0 bridgehead atoms. The number of phenols is 1. The number of phenolic OH excluding ortho intramolecular Hbond substituents is 1. The van der Waals surface area contributed by atoms with E-state index in [1.165, 1.54) is 0 Å². The maximum atomic E-state index is 12.9. The van der Waals surface area contributed by atoms with E-state index in [9.17, 15) is 8.78 Å². The van der Waals surface area contributed by atoms with Gasteiger partial charge in [-0.25, -0.2) is 13.6 Å². The van der Waals surface area contributed by atoms with Crippen molar-refractivity contribution in [3.05, 3.63) is 29.4 Å². The van der Waals surface area contributed by atoms with Crippen LogP contribution in [0.2, 0.25) is 0 Å². The predicted molar refractivity (Wildman–Crippen MR) is 40.9 cm³/mol. The van der Waals surface area contributed by atoms with Gasteiger partial charge in [-0.3, -0.25) is 0 Å². The molecule has 5 heteroatoms. The van der Waals surface area contributed by atoms with Crippen LogP contribution >= 0.6 is 0 Å². The van der Waals surface area contributed by atoms with Crippen molar-refractivity contribution in [2.24, 2.45) is 0 Å². The molecule has 0 saturated heterocycles. The molecule has 13 heavy (non-hydrogen) atoms. The number of aromatic hydroxyl groups is 1. The SMILES string of the molecule is [C-]#[N+]c1c(F)cc(O)cc1OCF. The van der Waals surface area contributed by atoms with Gasteiger partial charge in [0.15, 0.2) is 0 Å². The van der Waals surface area contributed by atoms with Crippen LogP contribution in [-0.4, -0.2) is 12.0 Å². The van der Waals surface area contributed by atoms with Crippen LogP contribution in [0, 0.1) is 12.4 Å². The van der Waals surface area contributed by atoms with Crippen molar-refractivity contribution in [3.63, 3.8) is 0 Å². The highest BCUT2D eigenvalue weighted by atomic mass is 19.1. The molecule has 0 aliphatic rings. The Hall–Kier alpha value is -1.83. The van der Waals surface area contributed by atoms with Crippen LogP contribution in [-0.2, 0) is 0 Å². The molecular weight excluding hydrogens is 180 g/mol. The predicted octanol–water partition coefficient (Wildman–Crippen LogP) is 2.39. The van der Waals surface area contributed by atoms with E-state index in [0.717, 1.165) is 12.1 Å². The molecule has 1 aromatic rings. The zero-order valence-electron chi connectivity index (χ0n) is 6.42. The summed E-state index contributed by atoms with van der Waals surface area (Å²) in [6, 6.07) is 1.74. The topological polar surface area (TPSA) is 33.8 Å². The zero-order valence-corrected chi connectivity index (χ0v) is 6.42. The van der Waals surface area contributed by atoms with Gasteiger partial charge in [0.1, 0.15) is 17.3 Å². The fraction of sp³-hybridized carbons (Fsp3) is 0.125. The fourth-order valence-corrected chi connectivity index (χ4v) is 0.838. The Morgan fingerprint density at radius 1 is 1.54 bits per heavy atom. The highest BCUT2D eigenvalue weighted by Crippen LogP contribution is 2.34. The van der Waals surface area contributed by atoms with Gasteiger partial charge in [0, 0.05) is 12.1 Å². The molecule has 0 unspecified atom stereocenters. The van der Waals surface area contributed by atoms with E-state index in [-0.39, 0.29) is 5.75 Å². The molecule has 3 nitrogen and oxygen atoms in total. The summed E-state index contributed by atoms with van der Waals surface area (Å²) in [5.41, 5.74) is -0.435. The number of hydrogen-bond donors (Lipinski definition) is 1. The van der Waals surface area contributed by atoms with Crippen LogP contribution in [0.5, 0.6) is 11.5 Å². The van der Waals surface area contributed by atoms with Gasteiger partial charge in [-0.15, -0.1) is 0 Å². The Labute approximate surface area is 73.0 Å². The normalized spacial score (nSPS) is 9.31. The van der Waals surface area contributed by atoms with Crippen LogP contribution in [0.1, 0.15) is 0 Å². The summed E-state index contributed by atoms with van der Waals surface area (Å²) >= 11 is 0. The molecule has 0 aromatic heterocycles. The largest absolute Gasteiger partial charge is 0.508 e. The Morgan fingerprint density at radius 3 is 2.77 bits per heavy atom. The first-order chi connectivity index (χ1) is 6.19. The maximum absolute atomic E-state index is 12.9. The lowest BCUT2D eigenvalue weighted by Gasteiger charge is -2.04. The number of ether oxygens (including phenoxy) is 1. The number of alkyl halides is 1. The van der Waals surface area contributed by atoms with Gasteiger partial charge < -0.3 is 9.84 Å². The molecule has 1 aromatic carbocycles. The summed E-state index contributed by atoms with van der Waals surface area (Å²) in [6.45, 7) is 5.40. The van der Waals surface area contributed by atoms with Gasteiger partial charge in [0.2, 0.25) is 6.86 Å². The van der Waals surface area contributed by atoms with Gasteiger partial charge in [-0.05, 0) is 0 Å². The number of hydrogen-bond acceptors (Lipinski definition) is 2. The van der Waals surface area contributed by atoms with Gasteiger partial charge in [-0.2, -0.15) is 0 Å². The smallest absolute Gasteiger partial charge is 0.263 e. The first-order valence-corrected chi connectivity index (χ1v) is 3.27. The van der Waals surface area contributed by atoms with E-state index in [2.05, 4.69) is 9.58 Å². The molecule has 0 amide bonds. The molecule has 0 radical (unpaired) electrons. The molecule has 1 rings (SSSR count). The number of halogens is 2. The highest BCUT2D eigenvalue weighted by Gasteiger charge is 2.11. The minimum absolute atomic E-state index is 0.296. The summed E-state index contributed by atoms with van der Waals surface area (Å²) in [5, 5.41) is 8.90. The molecule has 68 valence electrons. The van der Waals surface area contributed by atoms with Crippen molar-refractivity contribution in [1.82, 2.24) is 0 Å².